The highest BCUT2D eigenvalue weighted by Gasteiger charge is 2.24. The fourth-order valence-corrected chi connectivity index (χ4v) is 4.72. The third-order valence-corrected chi connectivity index (χ3v) is 5.84. The Kier molecular flexibility index (Phi) is 3.99. The van der Waals surface area contributed by atoms with Crippen LogP contribution in [0.4, 0.5) is 4.39 Å². The topological polar surface area (TPSA) is 62.0 Å². The van der Waals surface area contributed by atoms with Crippen LogP contribution in [0, 0.1) is 11.7 Å². The van der Waals surface area contributed by atoms with Gasteiger partial charge in [0.05, 0.1) is 11.5 Å². The SMILES string of the molecule is O=S1(=O)CCCC(CNCc2cc3ccc(F)cc3[nH]2)C1. The van der Waals surface area contributed by atoms with E-state index in [4.69, 9.17) is 0 Å². The number of sulfone groups is 1. The normalized spacial score (nSPS) is 21.7. The molecule has 114 valence electrons. The van der Waals surface area contributed by atoms with E-state index in [1.807, 2.05) is 6.07 Å². The highest BCUT2D eigenvalue weighted by atomic mass is 32.2. The van der Waals surface area contributed by atoms with Crippen LogP contribution in [0.15, 0.2) is 24.3 Å². The third-order valence-electron chi connectivity index (χ3n) is 3.95. The molecule has 2 aromatic rings. The molecule has 1 aromatic heterocycles. The van der Waals surface area contributed by atoms with Gasteiger partial charge in [0.15, 0.2) is 9.84 Å². The molecule has 1 aromatic carbocycles. The van der Waals surface area contributed by atoms with Crippen molar-refractivity contribution in [3.63, 3.8) is 0 Å². The van der Waals surface area contributed by atoms with Gasteiger partial charge in [-0.05, 0) is 55.0 Å². The largest absolute Gasteiger partial charge is 0.357 e. The first-order valence-electron chi connectivity index (χ1n) is 7.20. The fraction of sp³-hybridized carbons (Fsp3) is 0.467. The minimum absolute atomic E-state index is 0.200. The quantitative estimate of drug-likeness (QED) is 0.910. The van der Waals surface area contributed by atoms with Gasteiger partial charge in [-0.3, -0.25) is 0 Å². The van der Waals surface area contributed by atoms with Gasteiger partial charge in [-0.15, -0.1) is 0 Å². The minimum atomic E-state index is -2.84. The predicted octanol–water partition coefficient (Wildman–Crippen LogP) is 2.22. The highest BCUT2D eigenvalue weighted by Crippen LogP contribution is 2.19. The average Bonchev–Trinajstić information content (AvgIpc) is 2.79. The van der Waals surface area contributed by atoms with Crippen molar-refractivity contribution in [3.8, 4) is 0 Å². The van der Waals surface area contributed by atoms with Crippen LogP contribution < -0.4 is 5.32 Å². The van der Waals surface area contributed by atoms with Crippen molar-refractivity contribution in [2.75, 3.05) is 18.1 Å². The summed E-state index contributed by atoms with van der Waals surface area (Å²) in [6, 6.07) is 6.66. The molecule has 1 aliphatic heterocycles. The van der Waals surface area contributed by atoms with Gasteiger partial charge >= 0.3 is 0 Å². The van der Waals surface area contributed by atoms with Crippen LogP contribution in [0.2, 0.25) is 0 Å². The molecule has 6 heteroatoms. The second-order valence-electron chi connectivity index (χ2n) is 5.78. The standard InChI is InChI=1S/C15H19FN2O2S/c16-13-4-3-12-6-14(18-15(12)7-13)9-17-8-11-2-1-5-21(19,20)10-11/h3-4,6-7,11,17-18H,1-2,5,8-10H2. The molecule has 0 aliphatic carbocycles. The zero-order valence-corrected chi connectivity index (χ0v) is 12.5. The van der Waals surface area contributed by atoms with Crippen molar-refractivity contribution in [3.05, 3.63) is 35.8 Å². The van der Waals surface area contributed by atoms with Gasteiger partial charge in [-0.2, -0.15) is 0 Å². The Labute approximate surface area is 123 Å². The first-order chi connectivity index (χ1) is 10.0. The van der Waals surface area contributed by atoms with Crippen LogP contribution in [-0.2, 0) is 16.4 Å². The molecule has 1 saturated heterocycles. The molecule has 1 aliphatic rings. The van der Waals surface area contributed by atoms with Crippen molar-refractivity contribution < 1.29 is 12.8 Å². The van der Waals surface area contributed by atoms with E-state index < -0.39 is 9.84 Å². The Hall–Kier alpha value is -1.40. The van der Waals surface area contributed by atoms with E-state index in [1.165, 1.54) is 12.1 Å². The molecule has 2 N–H and O–H groups in total. The van der Waals surface area contributed by atoms with Gasteiger partial charge in [0, 0.05) is 17.8 Å². The summed E-state index contributed by atoms with van der Waals surface area (Å²) in [6.07, 6.45) is 1.73. The minimum Gasteiger partial charge on any atom is -0.357 e. The first kappa shape index (κ1) is 14.5. The van der Waals surface area contributed by atoms with E-state index in [2.05, 4.69) is 10.3 Å². The van der Waals surface area contributed by atoms with E-state index in [0.29, 0.717) is 18.8 Å². The highest BCUT2D eigenvalue weighted by molar-refractivity contribution is 7.91. The predicted molar refractivity (Wildman–Crippen MR) is 81.3 cm³/mol. The molecule has 0 bridgehead atoms. The Morgan fingerprint density at radius 3 is 3.00 bits per heavy atom. The summed E-state index contributed by atoms with van der Waals surface area (Å²) in [5.74, 6) is 0.566. The number of aromatic amines is 1. The lowest BCUT2D eigenvalue weighted by Gasteiger charge is -2.22. The Balaban J connectivity index is 1.57. The average molecular weight is 310 g/mol. The van der Waals surface area contributed by atoms with Gasteiger partial charge in [0.2, 0.25) is 0 Å². The number of rotatable bonds is 4. The van der Waals surface area contributed by atoms with Gasteiger partial charge in [0.1, 0.15) is 5.82 Å². The van der Waals surface area contributed by atoms with E-state index in [0.717, 1.165) is 29.4 Å². The van der Waals surface area contributed by atoms with Crippen LogP contribution in [-0.4, -0.2) is 31.5 Å². The molecule has 1 fully saturated rings. The van der Waals surface area contributed by atoms with E-state index in [-0.39, 0.29) is 17.5 Å². The molecule has 1 unspecified atom stereocenters. The molecular formula is C15H19FN2O2S. The summed E-state index contributed by atoms with van der Waals surface area (Å²) in [7, 11) is -2.84. The van der Waals surface area contributed by atoms with Crippen LogP contribution in [0.5, 0.6) is 0 Å². The van der Waals surface area contributed by atoms with Crippen molar-refractivity contribution in [1.82, 2.24) is 10.3 Å². The third kappa shape index (κ3) is 3.63. The molecule has 1 atom stereocenters. The molecule has 0 radical (unpaired) electrons. The van der Waals surface area contributed by atoms with Gasteiger partial charge < -0.3 is 10.3 Å². The number of benzene rings is 1. The second-order valence-corrected chi connectivity index (χ2v) is 8.01. The maximum absolute atomic E-state index is 13.1. The number of fused-ring (bicyclic) bond motifs is 1. The molecule has 0 spiro atoms. The molecule has 2 heterocycles. The monoisotopic (exact) mass is 310 g/mol. The second kappa shape index (κ2) is 5.77. The number of nitrogens with one attached hydrogen (secondary N) is 2. The van der Waals surface area contributed by atoms with Gasteiger partial charge in [0.25, 0.3) is 0 Å². The van der Waals surface area contributed by atoms with Crippen LogP contribution in [0.3, 0.4) is 0 Å². The summed E-state index contributed by atoms with van der Waals surface area (Å²) >= 11 is 0. The molecule has 3 rings (SSSR count). The number of halogens is 1. The maximum Gasteiger partial charge on any atom is 0.150 e. The van der Waals surface area contributed by atoms with Crippen LogP contribution in [0.25, 0.3) is 10.9 Å². The molecule has 21 heavy (non-hydrogen) atoms. The smallest absolute Gasteiger partial charge is 0.150 e. The lowest BCUT2D eigenvalue weighted by atomic mass is 10.1. The zero-order valence-electron chi connectivity index (χ0n) is 11.7. The van der Waals surface area contributed by atoms with Crippen molar-refractivity contribution in [2.24, 2.45) is 5.92 Å². The van der Waals surface area contributed by atoms with Crippen LogP contribution >= 0.6 is 0 Å². The summed E-state index contributed by atoms with van der Waals surface area (Å²) in [6.45, 7) is 1.33. The van der Waals surface area contributed by atoms with Crippen molar-refractivity contribution in [1.29, 1.82) is 0 Å². The maximum atomic E-state index is 13.1. The van der Waals surface area contributed by atoms with Gasteiger partial charge in [-0.25, -0.2) is 12.8 Å². The summed E-state index contributed by atoms with van der Waals surface area (Å²) in [4.78, 5) is 3.17. The Bertz CT molecular complexity index is 739. The summed E-state index contributed by atoms with van der Waals surface area (Å²) < 4.78 is 36.3. The van der Waals surface area contributed by atoms with E-state index in [9.17, 15) is 12.8 Å². The molecule has 0 amide bonds. The molecule has 4 nitrogen and oxygen atoms in total. The van der Waals surface area contributed by atoms with E-state index >= 15 is 0 Å². The summed E-state index contributed by atoms with van der Waals surface area (Å²) in [5.41, 5.74) is 1.77. The number of hydrogen-bond acceptors (Lipinski definition) is 3. The van der Waals surface area contributed by atoms with Crippen molar-refractivity contribution in [2.45, 2.75) is 19.4 Å². The number of hydrogen-bond donors (Lipinski definition) is 2. The van der Waals surface area contributed by atoms with E-state index in [1.54, 1.807) is 6.07 Å². The first-order valence-corrected chi connectivity index (χ1v) is 9.02. The van der Waals surface area contributed by atoms with Crippen LogP contribution in [0.1, 0.15) is 18.5 Å². The number of aromatic nitrogens is 1. The lowest BCUT2D eigenvalue weighted by molar-refractivity contribution is 0.452. The summed E-state index contributed by atoms with van der Waals surface area (Å²) in [5, 5.41) is 4.28. The molecule has 0 saturated carbocycles. The van der Waals surface area contributed by atoms with Gasteiger partial charge in [-0.1, -0.05) is 0 Å². The Morgan fingerprint density at radius 2 is 2.19 bits per heavy atom. The number of H-pyrrole nitrogens is 1. The fourth-order valence-electron chi connectivity index (χ4n) is 2.94. The molecular weight excluding hydrogens is 291 g/mol. The zero-order chi connectivity index (χ0) is 14.9. The van der Waals surface area contributed by atoms with Crippen molar-refractivity contribution >= 4 is 20.7 Å². The Morgan fingerprint density at radius 1 is 1.33 bits per heavy atom. The lowest BCUT2D eigenvalue weighted by Crippen LogP contribution is -2.32.